The van der Waals surface area contributed by atoms with Gasteiger partial charge in [-0.2, -0.15) is 0 Å². The molecule has 0 bridgehead atoms. The minimum atomic E-state index is -3.10. The van der Waals surface area contributed by atoms with Gasteiger partial charge in [0.1, 0.15) is 8.07 Å². The minimum Gasteiger partial charge on any atom is -0.371 e. The Labute approximate surface area is 175 Å². The van der Waals surface area contributed by atoms with E-state index < -0.39 is 25.7 Å². The smallest absolute Gasteiger partial charge is 0.371 e. The van der Waals surface area contributed by atoms with Crippen molar-refractivity contribution in [2.45, 2.75) is 61.1 Å². The number of hydrogen-bond acceptors (Lipinski definition) is 6. The van der Waals surface area contributed by atoms with Crippen molar-refractivity contribution in [3.8, 4) is 0 Å². The minimum absolute atomic E-state index is 0.497. The molecule has 0 saturated carbocycles. The molecule has 0 radical (unpaired) electrons. The Kier molecular flexibility index (Phi) is 13.2. The van der Waals surface area contributed by atoms with E-state index in [1.165, 1.54) is 0 Å². The predicted molar refractivity (Wildman–Crippen MR) is 122 cm³/mol. The first-order chi connectivity index (χ1) is 13.2. The summed E-state index contributed by atoms with van der Waals surface area (Å²) < 4.78 is 36.9. The molecule has 0 aliphatic heterocycles. The van der Waals surface area contributed by atoms with Gasteiger partial charge in [-0.15, -0.1) is 13.2 Å². The van der Waals surface area contributed by atoms with Crippen LogP contribution < -0.4 is 0 Å². The van der Waals surface area contributed by atoms with Gasteiger partial charge < -0.3 is 26.6 Å². The maximum atomic E-state index is 6.14. The van der Waals surface area contributed by atoms with Crippen LogP contribution in [0, 0.1) is 0 Å². The second kappa shape index (κ2) is 13.2. The lowest BCUT2D eigenvalue weighted by atomic mass is 10.9. The molecule has 0 spiro atoms. The van der Waals surface area contributed by atoms with Gasteiger partial charge in [-0.3, -0.25) is 0 Å². The molecule has 0 aliphatic carbocycles. The van der Waals surface area contributed by atoms with Gasteiger partial charge >= 0.3 is 17.6 Å². The first-order valence-corrected chi connectivity index (χ1v) is 16.6. The first-order valence-electron chi connectivity index (χ1n) is 10.5. The monoisotopic (exact) mass is 450 g/mol. The standard InChI is InChI=1S/C19H42O6Si3/c1-11-20-27(21-12-2,22-13-3)18(8)26(10,17-7)19(9)28(23-14-4,24-15-5)25-16-6/h8-9,11-17H2,1-7,10H3. The Hall–Kier alpha value is -0.109. The van der Waals surface area contributed by atoms with Crippen molar-refractivity contribution >= 4 is 25.7 Å². The summed E-state index contributed by atoms with van der Waals surface area (Å²) in [5, 5.41) is 0. The lowest BCUT2D eigenvalue weighted by Crippen LogP contribution is -2.62. The predicted octanol–water partition coefficient (Wildman–Crippen LogP) is 4.45. The van der Waals surface area contributed by atoms with Crippen LogP contribution >= 0.6 is 0 Å². The van der Waals surface area contributed by atoms with E-state index in [-0.39, 0.29) is 0 Å². The molecule has 0 rings (SSSR count). The average molecular weight is 451 g/mol. The molecule has 0 aromatic rings. The molecule has 0 aromatic carbocycles. The summed E-state index contributed by atoms with van der Waals surface area (Å²) in [6.45, 7) is 28.0. The Morgan fingerprint density at radius 2 is 0.750 bits per heavy atom. The molecular weight excluding hydrogens is 408 g/mol. The highest BCUT2D eigenvalue weighted by atomic mass is 28.5. The van der Waals surface area contributed by atoms with E-state index in [0.717, 1.165) is 15.7 Å². The topological polar surface area (TPSA) is 55.4 Å². The normalized spacial score (nSPS) is 13.0. The quantitative estimate of drug-likeness (QED) is 0.305. The molecule has 6 nitrogen and oxygen atoms in total. The van der Waals surface area contributed by atoms with E-state index in [2.05, 4.69) is 26.6 Å². The van der Waals surface area contributed by atoms with E-state index in [0.29, 0.717) is 39.6 Å². The summed E-state index contributed by atoms with van der Waals surface area (Å²) in [6.07, 6.45) is 0. The third-order valence-electron chi connectivity index (χ3n) is 4.78. The van der Waals surface area contributed by atoms with Gasteiger partial charge in [0.25, 0.3) is 0 Å². The maximum Gasteiger partial charge on any atom is 0.528 e. The highest BCUT2D eigenvalue weighted by molar-refractivity contribution is 7.11. The van der Waals surface area contributed by atoms with Gasteiger partial charge in [-0.05, 0) is 51.2 Å². The van der Waals surface area contributed by atoms with Crippen molar-refractivity contribution in [3.63, 3.8) is 0 Å². The lowest BCUT2D eigenvalue weighted by molar-refractivity contribution is 0.0818. The zero-order chi connectivity index (χ0) is 21.8. The lowest BCUT2D eigenvalue weighted by Gasteiger charge is -2.43. The summed E-state index contributed by atoms with van der Waals surface area (Å²) in [5.74, 6) is 0. The fraction of sp³-hybridized carbons (Fsp3) is 0.789. The second-order valence-corrected chi connectivity index (χ2v) is 17.1. The van der Waals surface area contributed by atoms with Crippen LogP contribution in [-0.4, -0.2) is 65.3 Å². The Balaban J connectivity index is 6.34. The first kappa shape index (κ1) is 27.9. The van der Waals surface area contributed by atoms with E-state index in [9.17, 15) is 0 Å². The van der Waals surface area contributed by atoms with Crippen LogP contribution in [0.4, 0.5) is 0 Å². The second-order valence-electron chi connectivity index (χ2n) is 6.35. The fourth-order valence-electron chi connectivity index (χ4n) is 3.20. The van der Waals surface area contributed by atoms with Gasteiger partial charge in [0, 0.05) is 39.6 Å². The summed E-state index contributed by atoms with van der Waals surface area (Å²) in [5.41, 5.74) is 0. The summed E-state index contributed by atoms with van der Waals surface area (Å²) in [7, 11) is -8.65. The van der Waals surface area contributed by atoms with Crippen molar-refractivity contribution in [3.05, 3.63) is 22.8 Å². The molecule has 0 amide bonds. The summed E-state index contributed by atoms with van der Waals surface area (Å²) in [6, 6.07) is 0.856. The van der Waals surface area contributed by atoms with Crippen LogP contribution in [0.5, 0.6) is 0 Å². The van der Waals surface area contributed by atoms with E-state index in [1.54, 1.807) is 0 Å². The molecule has 166 valence electrons. The number of rotatable bonds is 17. The van der Waals surface area contributed by atoms with Crippen LogP contribution in [0.3, 0.4) is 0 Å². The Morgan fingerprint density at radius 1 is 0.536 bits per heavy atom. The number of hydrogen-bond donors (Lipinski definition) is 0. The van der Waals surface area contributed by atoms with E-state index in [1.807, 2.05) is 41.5 Å². The summed E-state index contributed by atoms with van der Waals surface area (Å²) >= 11 is 0. The Morgan fingerprint density at radius 3 is 0.893 bits per heavy atom. The third kappa shape index (κ3) is 6.19. The molecule has 0 aromatic heterocycles. The summed E-state index contributed by atoms with van der Waals surface area (Å²) in [4.78, 5) is 1.82. The van der Waals surface area contributed by atoms with Gasteiger partial charge in [-0.1, -0.05) is 19.5 Å². The highest BCUT2D eigenvalue weighted by Gasteiger charge is 2.59. The third-order valence-corrected chi connectivity index (χ3v) is 19.5. The van der Waals surface area contributed by atoms with Crippen LogP contribution in [-0.2, 0) is 26.6 Å². The van der Waals surface area contributed by atoms with E-state index in [4.69, 9.17) is 26.6 Å². The SMILES string of the molecule is C=C([Si](OCC)(OCC)OCC)[Si](C)(CC)C(=C)[Si](OCC)(OCC)OCC. The van der Waals surface area contributed by atoms with Crippen LogP contribution in [0.2, 0.25) is 12.6 Å². The molecule has 0 saturated heterocycles. The zero-order valence-corrected chi connectivity index (χ0v) is 22.3. The van der Waals surface area contributed by atoms with Crippen LogP contribution in [0.25, 0.3) is 0 Å². The molecule has 0 aliphatic rings. The maximum absolute atomic E-state index is 6.14. The van der Waals surface area contributed by atoms with Gasteiger partial charge in [0.2, 0.25) is 0 Å². The molecule has 0 atom stereocenters. The Bertz CT molecular complexity index is 414. The van der Waals surface area contributed by atoms with E-state index >= 15 is 0 Å². The van der Waals surface area contributed by atoms with Crippen molar-refractivity contribution in [1.82, 2.24) is 0 Å². The zero-order valence-electron chi connectivity index (χ0n) is 19.3. The van der Waals surface area contributed by atoms with Gasteiger partial charge in [0.15, 0.2) is 0 Å². The molecule has 0 fully saturated rings. The fourth-order valence-corrected chi connectivity index (χ4v) is 17.3. The van der Waals surface area contributed by atoms with Crippen molar-refractivity contribution < 1.29 is 26.6 Å². The average Bonchev–Trinajstić information content (AvgIpc) is 2.67. The largest absolute Gasteiger partial charge is 0.528 e. The molecule has 0 heterocycles. The molecule has 28 heavy (non-hydrogen) atoms. The van der Waals surface area contributed by atoms with Crippen molar-refractivity contribution in [2.24, 2.45) is 0 Å². The highest BCUT2D eigenvalue weighted by Crippen LogP contribution is 2.38. The van der Waals surface area contributed by atoms with Crippen molar-refractivity contribution in [1.29, 1.82) is 0 Å². The van der Waals surface area contributed by atoms with Crippen LogP contribution in [0.1, 0.15) is 48.5 Å². The van der Waals surface area contributed by atoms with Crippen molar-refractivity contribution in [2.75, 3.05) is 39.6 Å². The van der Waals surface area contributed by atoms with Gasteiger partial charge in [-0.25, -0.2) is 0 Å². The molecule has 9 heteroatoms. The molecule has 0 N–H and O–H groups in total. The van der Waals surface area contributed by atoms with Crippen LogP contribution in [0.15, 0.2) is 22.8 Å². The molecular formula is C19H42O6Si3. The molecule has 0 unspecified atom stereocenters. The van der Waals surface area contributed by atoms with Gasteiger partial charge in [0.05, 0.1) is 0 Å².